The lowest BCUT2D eigenvalue weighted by Gasteiger charge is -2.21. The number of hydrogen-bond donors (Lipinski definition) is 1. The molecule has 0 saturated carbocycles. The first-order chi connectivity index (χ1) is 9.91. The number of alkyl halides is 2. The Hall–Kier alpha value is -1.37. The highest BCUT2D eigenvalue weighted by Crippen LogP contribution is 2.29. The van der Waals surface area contributed by atoms with Crippen LogP contribution in [-0.4, -0.2) is 37.1 Å². The van der Waals surface area contributed by atoms with Crippen molar-refractivity contribution in [1.29, 1.82) is 0 Å². The molecule has 0 bridgehead atoms. The molecule has 2 rings (SSSR count). The van der Waals surface area contributed by atoms with Crippen LogP contribution in [0.15, 0.2) is 22.7 Å². The van der Waals surface area contributed by atoms with Crippen molar-refractivity contribution in [3.05, 3.63) is 22.7 Å². The first-order valence-electron chi connectivity index (χ1n) is 6.68. The lowest BCUT2D eigenvalue weighted by molar-refractivity contribution is -0.0121. The first kappa shape index (κ1) is 16.0. The van der Waals surface area contributed by atoms with Crippen LogP contribution in [0, 0.1) is 0 Å². The Morgan fingerprint density at radius 1 is 1.38 bits per heavy atom. The SMILES string of the molecule is COc1ccc(NC(=O)N2CCCC(F)(F)CC2)c(Br)c1. The van der Waals surface area contributed by atoms with Crippen LogP contribution in [-0.2, 0) is 0 Å². The third-order valence-corrected chi connectivity index (χ3v) is 4.08. The number of nitrogens with zero attached hydrogens (tertiary/aromatic N) is 1. The van der Waals surface area contributed by atoms with E-state index in [0.717, 1.165) is 0 Å². The van der Waals surface area contributed by atoms with Gasteiger partial charge in [0.15, 0.2) is 0 Å². The number of ether oxygens (including phenoxy) is 1. The van der Waals surface area contributed by atoms with E-state index in [1.165, 1.54) is 4.90 Å². The van der Waals surface area contributed by atoms with Gasteiger partial charge in [0, 0.05) is 30.4 Å². The van der Waals surface area contributed by atoms with Gasteiger partial charge in [-0.25, -0.2) is 13.6 Å². The second kappa shape index (κ2) is 6.60. The Morgan fingerprint density at radius 2 is 2.14 bits per heavy atom. The lowest BCUT2D eigenvalue weighted by Crippen LogP contribution is -2.36. The molecule has 1 aliphatic rings. The average Bonchev–Trinajstić information content (AvgIpc) is 2.62. The highest BCUT2D eigenvalue weighted by atomic mass is 79.9. The molecule has 1 fully saturated rings. The summed E-state index contributed by atoms with van der Waals surface area (Å²) in [5.74, 6) is -2.01. The number of urea groups is 1. The number of likely N-dealkylation sites (tertiary alicyclic amines) is 1. The topological polar surface area (TPSA) is 41.6 Å². The van der Waals surface area contributed by atoms with E-state index in [-0.39, 0.29) is 25.4 Å². The van der Waals surface area contributed by atoms with Crippen molar-refractivity contribution in [3.63, 3.8) is 0 Å². The van der Waals surface area contributed by atoms with E-state index in [1.807, 2.05) is 0 Å². The number of benzene rings is 1. The quantitative estimate of drug-likeness (QED) is 0.859. The number of hydrogen-bond acceptors (Lipinski definition) is 2. The molecule has 4 nitrogen and oxygen atoms in total. The number of carbonyl (C=O) groups excluding carboxylic acids is 1. The normalized spacial score (nSPS) is 18.0. The summed E-state index contributed by atoms with van der Waals surface area (Å²) >= 11 is 3.34. The fourth-order valence-corrected chi connectivity index (χ4v) is 2.64. The van der Waals surface area contributed by atoms with Crippen LogP contribution >= 0.6 is 15.9 Å². The Morgan fingerprint density at radius 3 is 2.81 bits per heavy atom. The summed E-state index contributed by atoms with van der Waals surface area (Å²) in [5, 5.41) is 2.73. The zero-order valence-corrected chi connectivity index (χ0v) is 13.3. The molecule has 21 heavy (non-hydrogen) atoms. The van der Waals surface area contributed by atoms with Crippen molar-refractivity contribution >= 4 is 27.6 Å². The maximum Gasteiger partial charge on any atom is 0.321 e. The minimum Gasteiger partial charge on any atom is -0.497 e. The third kappa shape index (κ3) is 4.30. The molecule has 2 amide bonds. The van der Waals surface area contributed by atoms with E-state index < -0.39 is 5.92 Å². The molecular weight excluding hydrogens is 346 g/mol. The molecule has 0 aliphatic carbocycles. The maximum atomic E-state index is 13.3. The summed E-state index contributed by atoms with van der Waals surface area (Å²) < 4.78 is 32.3. The summed E-state index contributed by atoms with van der Waals surface area (Å²) in [6.45, 7) is 0.405. The van der Waals surface area contributed by atoms with E-state index in [4.69, 9.17) is 4.74 Å². The highest BCUT2D eigenvalue weighted by molar-refractivity contribution is 9.10. The van der Waals surface area contributed by atoms with E-state index in [2.05, 4.69) is 21.2 Å². The molecule has 1 saturated heterocycles. The van der Waals surface area contributed by atoms with Crippen molar-refractivity contribution in [2.24, 2.45) is 0 Å². The van der Waals surface area contributed by atoms with Gasteiger partial charge in [0.25, 0.3) is 0 Å². The Bertz CT molecular complexity index is 526. The molecule has 7 heteroatoms. The zero-order valence-electron chi connectivity index (χ0n) is 11.7. The summed E-state index contributed by atoms with van der Waals surface area (Å²) in [6, 6.07) is 4.79. The molecule has 0 radical (unpaired) electrons. The van der Waals surface area contributed by atoms with Gasteiger partial charge in [-0.15, -0.1) is 0 Å². The largest absolute Gasteiger partial charge is 0.497 e. The van der Waals surface area contributed by atoms with Gasteiger partial charge in [-0.05, 0) is 40.5 Å². The number of methoxy groups -OCH3 is 1. The van der Waals surface area contributed by atoms with Crippen LogP contribution in [0.4, 0.5) is 19.3 Å². The molecular formula is C14H17BrF2N2O2. The second-order valence-corrected chi connectivity index (χ2v) is 5.83. The van der Waals surface area contributed by atoms with Crippen LogP contribution in [0.1, 0.15) is 19.3 Å². The summed E-state index contributed by atoms with van der Waals surface area (Å²) in [7, 11) is 1.55. The highest BCUT2D eigenvalue weighted by Gasteiger charge is 2.33. The molecule has 0 spiro atoms. The van der Waals surface area contributed by atoms with Crippen LogP contribution in [0.3, 0.4) is 0 Å². The van der Waals surface area contributed by atoms with Crippen molar-refractivity contribution in [3.8, 4) is 5.75 Å². The molecule has 1 aromatic rings. The number of anilines is 1. The molecule has 0 atom stereocenters. The number of rotatable bonds is 2. The van der Waals surface area contributed by atoms with Crippen LogP contribution in [0.2, 0.25) is 0 Å². The number of amides is 2. The van der Waals surface area contributed by atoms with Gasteiger partial charge in [-0.3, -0.25) is 0 Å². The van der Waals surface area contributed by atoms with Crippen molar-refractivity contribution in [1.82, 2.24) is 4.90 Å². The van der Waals surface area contributed by atoms with Gasteiger partial charge in [0.2, 0.25) is 5.92 Å². The van der Waals surface area contributed by atoms with Gasteiger partial charge in [-0.2, -0.15) is 0 Å². The molecule has 1 aliphatic heterocycles. The predicted octanol–water partition coefficient (Wildman–Crippen LogP) is 4.11. The molecule has 1 N–H and O–H groups in total. The van der Waals surface area contributed by atoms with E-state index in [0.29, 0.717) is 28.9 Å². The summed E-state index contributed by atoms with van der Waals surface area (Å²) in [5.41, 5.74) is 0.580. The number of halogens is 3. The average molecular weight is 363 g/mol. The first-order valence-corrected chi connectivity index (χ1v) is 7.48. The minimum absolute atomic E-state index is 0.0621. The van der Waals surface area contributed by atoms with E-state index >= 15 is 0 Å². The fourth-order valence-electron chi connectivity index (χ4n) is 2.19. The predicted molar refractivity (Wildman–Crippen MR) is 80.1 cm³/mol. The van der Waals surface area contributed by atoms with Crippen molar-refractivity contribution in [2.45, 2.75) is 25.2 Å². The molecule has 1 heterocycles. The number of nitrogens with one attached hydrogen (secondary N) is 1. The van der Waals surface area contributed by atoms with Gasteiger partial charge in [0.05, 0.1) is 12.8 Å². The minimum atomic E-state index is -2.67. The summed E-state index contributed by atoms with van der Waals surface area (Å²) in [4.78, 5) is 13.6. The van der Waals surface area contributed by atoms with Crippen LogP contribution < -0.4 is 10.1 Å². The van der Waals surface area contributed by atoms with Crippen molar-refractivity contribution in [2.75, 3.05) is 25.5 Å². The summed E-state index contributed by atoms with van der Waals surface area (Å²) in [6.07, 6.45) is -0.141. The standard InChI is InChI=1S/C14H17BrF2N2O2/c1-21-10-3-4-12(11(15)9-10)18-13(20)19-7-2-5-14(16,17)6-8-19/h3-4,9H,2,5-8H2,1H3,(H,18,20). The van der Waals surface area contributed by atoms with Crippen LogP contribution in [0.25, 0.3) is 0 Å². The lowest BCUT2D eigenvalue weighted by atomic mass is 10.1. The Balaban J connectivity index is 2.01. The van der Waals surface area contributed by atoms with E-state index in [9.17, 15) is 13.6 Å². The zero-order chi connectivity index (χ0) is 15.5. The second-order valence-electron chi connectivity index (χ2n) is 4.97. The smallest absolute Gasteiger partial charge is 0.321 e. The van der Waals surface area contributed by atoms with E-state index in [1.54, 1.807) is 25.3 Å². The monoisotopic (exact) mass is 362 g/mol. The van der Waals surface area contributed by atoms with Gasteiger partial charge >= 0.3 is 6.03 Å². The molecule has 0 aromatic heterocycles. The van der Waals surface area contributed by atoms with Gasteiger partial charge in [0.1, 0.15) is 5.75 Å². The number of carbonyl (C=O) groups is 1. The molecule has 1 aromatic carbocycles. The van der Waals surface area contributed by atoms with Gasteiger partial charge in [-0.1, -0.05) is 0 Å². The Labute approximate surface area is 130 Å². The van der Waals surface area contributed by atoms with Crippen LogP contribution in [0.5, 0.6) is 5.75 Å². The van der Waals surface area contributed by atoms with Gasteiger partial charge < -0.3 is 15.0 Å². The molecule has 0 unspecified atom stereocenters. The molecule has 116 valence electrons. The maximum absolute atomic E-state index is 13.3. The van der Waals surface area contributed by atoms with Crippen molar-refractivity contribution < 1.29 is 18.3 Å². The fraction of sp³-hybridized carbons (Fsp3) is 0.500. The third-order valence-electron chi connectivity index (χ3n) is 3.42. The Kier molecular flexibility index (Phi) is 5.03.